The Morgan fingerprint density at radius 3 is 2.64 bits per heavy atom. The number of fused-ring (bicyclic) bond motifs is 3. The summed E-state index contributed by atoms with van der Waals surface area (Å²) in [5, 5.41) is 11.7. The Balaban J connectivity index is 1.28. The number of likely N-dealkylation sites (tertiary alicyclic amines) is 1. The lowest BCUT2D eigenvalue weighted by molar-refractivity contribution is 0.0934. The Morgan fingerprint density at radius 2 is 1.93 bits per heavy atom. The van der Waals surface area contributed by atoms with Crippen LogP contribution in [0, 0.1) is 5.92 Å². The molecule has 1 aromatic heterocycles. The molecule has 0 unspecified atom stereocenters. The molecule has 1 saturated heterocycles. The van der Waals surface area contributed by atoms with Crippen molar-refractivity contribution >= 4 is 5.91 Å². The van der Waals surface area contributed by atoms with Crippen molar-refractivity contribution in [2.75, 3.05) is 13.1 Å². The molecular formula is C22H29N5O. The van der Waals surface area contributed by atoms with E-state index in [2.05, 4.69) is 63.1 Å². The largest absolute Gasteiger partial charge is 0.347 e. The van der Waals surface area contributed by atoms with E-state index in [9.17, 15) is 4.79 Å². The zero-order valence-electron chi connectivity index (χ0n) is 16.8. The van der Waals surface area contributed by atoms with Gasteiger partial charge in [-0.05, 0) is 42.2 Å². The van der Waals surface area contributed by atoms with Crippen LogP contribution in [0.2, 0.25) is 0 Å². The number of nitrogens with zero attached hydrogens (tertiary/aromatic N) is 4. The van der Waals surface area contributed by atoms with Gasteiger partial charge >= 0.3 is 0 Å². The number of nitrogens with one attached hydrogen (secondary N) is 1. The highest BCUT2D eigenvalue weighted by molar-refractivity contribution is 5.91. The summed E-state index contributed by atoms with van der Waals surface area (Å²) >= 11 is 0. The van der Waals surface area contributed by atoms with Crippen LogP contribution in [0.3, 0.4) is 0 Å². The van der Waals surface area contributed by atoms with Crippen molar-refractivity contribution in [1.29, 1.82) is 0 Å². The zero-order valence-corrected chi connectivity index (χ0v) is 16.8. The average Bonchev–Trinajstić information content (AvgIpc) is 3.23. The van der Waals surface area contributed by atoms with Crippen LogP contribution in [0.15, 0.2) is 24.3 Å². The van der Waals surface area contributed by atoms with E-state index in [0.717, 1.165) is 51.3 Å². The van der Waals surface area contributed by atoms with E-state index < -0.39 is 0 Å². The van der Waals surface area contributed by atoms with Gasteiger partial charge in [-0.1, -0.05) is 38.1 Å². The molecule has 148 valence electrons. The fraction of sp³-hybridized carbons (Fsp3) is 0.591. The molecule has 6 nitrogen and oxygen atoms in total. The Kier molecular flexibility index (Phi) is 4.46. The molecule has 0 radical (unpaired) electrons. The number of aromatic nitrogens is 3. The molecule has 28 heavy (non-hydrogen) atoms. The monoisotopic (exact) mass is 379 g/mol. The summed E-state index contributed by atoms with van der Waals surface area (Å²) in [6.07, 6.45) is 3.28. The van der Waals surface area contributed by atoms with E-state index in [1.165, 1.54) is 11.1 Å². The topological polar surface area (TPSA) is 63.1 Å². The predicted molar refractivity (Wildman–Crippen MR) is 107 cm³/mol. The summed E-state index contributed by atoms with van der Waals surface area (Å²) < 4.78 is 2.07. The number of hydrogen-bond acceptors (Lipinski definition) is 4. The van der Waals surface area contributed by atoms with Gasteiger partial charge in [0.2, 0.25) is 5.82 Å². The van der Waals surface area contributed by atoms with Crippen LogP contribution in [0.25, 0.3) is 0 Å². The molecule has 3 heterocycles. The number of benzene rings is 1. The van der Waals surface area contributed by atoms with Gasteiger partial charge in [-0.25, -0.2) is 0 Å². The van der Waals surface area contributed by atoms with Crippen molar-refractivity contribution in [2.24, 2.45) is 5.92 Å². The number of amides is 1. The second kappa shape index (κ2) is 6.99. The van der Waals surface area contributed by atoms with E-state index >= 15 is 0 Å². The van der Waals surface area contributed by atoms with Crippen LogP contribution in [0.4, 0.5) is 0 Å². The van der Waals surface area contributed by atoms with Gasteiger partial charge in [-0.15, -0.1) is 10.2 Å². The average molecular weight is 380 g/mol. The van der Waals surface area contributed by atoms with Crippen LogP contribution in [0.1, 0.15) is 72.5 Å². The summed E-state index contributed by atoms with van der Waals surface area (Å²) in [5.41, 5.74) is 2.76. The van der Waals surface area contributed by atoms with Crippen LogP contribution >= 0.6 is 0 Å². The lowest BCUT2D eigenvalue weighted by Gasteiger charge is -2.25. The van der Waals surface area contributed by atoms with Crippen molar-refractivity contribution in [3.8, 4) is 0 Å². The minimum atomic E-state index is -0.0557. The molecule has 3 aliphatic rings. The molecule has 1 aromatic carbocycles. The standard InChI is InChI=1S/C22H29N5O/c1-14(2)16-5-3-15(4-6-16)11-26-12-17-9-10-27-20(19(17)13-26)24-25-21(27)22(28)23-18-7-8-18/h3-6,14,17-19H,7-13H2,1-2H3,(H,23,28)/t17-,19+/m1/s1. The van der Waals surface area contributed by atoms with E-state index in [-0.39, 0.29) is 5.91 Å². The highest BCUT2D eigenvalue weighted by Crippen LogP contribution is 2.38. The minimum absolute atomic E-state index is 0.0557. The van der Waals surface area contributed by atoms with Crippen molar-refractivity contribution < 1.29 is 4.79 Å². The molecule has 0 spiro atoms. The van der Waals surface area contributed by atoms with Gasteiger partial charge in [0, 0.05) is 38.1 Å². The van der Waals surface area contributed by atoms with Gasteiger partial charge in [0.1, 0.15) is 5.82 Å². The quantitative estimate of drug-likeness (QED) is 0.868. The fourth-order valence-corrected chi connectivity index (χ4v) is 4.69. The third kappa shape index (κ3) is 3.34. The molecule has 2 atom stereocenters. The second-order valence-corrected chi connectivity index (χ2v) is 9.03. The summed E-state index contributed by atoms with van der Waals surface area (Å²) in [5.74, 6) is 3.03. The van der Waals surface area contributed by atoms with Crippen molar-refractivity contribution in [2.45, 2.75) is 64.1 Å². The molecule has 2 fully saturated rings. The smallest absolute Gasteiger partial charge is 0.289 e. The van der Waals surface area contributed by atoms with E-state index in [0.29, 0.717) is 29.6 Å². The lowest BCUT2D eigenvalue weighted by Crippen LogP contribution is -2.31. The normalized spacial score (nSPS) is 24.2. The molecular weight excluding hydrogens is 350 g/mol. The van der Waals surface area contributed by atoms with Gasteiger partial charge in [-0.3, -0.25) is 9.69 Å². The van der Waals surface area contributed by atoms with Crippen LogP contribution in [0.5, 0.6) is 0 Å². The second-order valence-electron chi connectivity index (χ2n) is 9.03. The highest BCUT2D eigenvalue weighted by Gasteiger charge is 2.41. The molecule has 1 aliphatic carbocycles. The van der Waals surface area contributed by atoms with Gasteiger partial charge in [-0.2, -0.15) is 0 Å². The Morgan fingerprint density at radius 1 is 1.14 bits per heavy atom. The van der Waals surface area contributed by atoms with Gasteiger partial charge in [0.25, 0.3) is 5.91 Å². The number of rotatable bonds is 5. The number of hydrogen-bond donors (Lipinski definition) is 1. The molecule has 0 bridgehead atoms. The zero-order chi connectivity index (χ0) is 19.3. The Bertz CT molecular complexity index is 868. The third-order valence-electron chi connectivity index (χ3n) is 6.52. The Hall–Kier alpha value is -2.21. The van der Waals surface area contributed by atoms with Crippen LogP contribution in [-0.2, 0) is 13.1 Å². The first-order chi connectivity index (χ1) is 13.6. The maximum Gasteiger partial charge on any atom is 0.289 e. The van der Waals surface area contributed by atoms with Gasteiger partial charge in [0.15, 0.2) is 0 Å². The van der Waals surface area contributed by atoms with E-state index in [4.69, 9.17) is 0 Å². The minimum Gasteiger partial charge on any atom is -0.347 e. The molecule has 1 N–H and O–H groups in total. The SMILES string of the molecule is CC(C)c1ccc(CN2C[C@H]3CCn4c(C(=O)NC5CC5)nnc4[C@H]3C2)cc1. The molecule has 6 heteroatoms. The van der Waals surface area contributed by atoms with E-state index in [1.807, 2.05) is 0 Å². The molecule has 5 rings (SSSR count). The fourth-order valence-electron chi connectivity index (χ4n) is 4.69. The third-order valence-corrected chi connectivity index (χ3v) is 6.52. The maximum absolute atomic E-state index is 12.5. The van der Waals surface area contributed by atoms with E-state index in [1.54, 1.807) is 0 Å². The van der Waals surface area contributed by atoms with Gasteiger partial charge < -0.3 is 9.88 Å². The van der Waals surface area contributed by atoms with Crippen molar-refractivity contribution in [1.82, 2.24) is 25.0 Å². The molecule has 1 amide bonds. The summed E-state index contributed by atoms with van der Waals surface area (Å²) in [6, 6.07) is 9.38. The first-order valence-corrected chi connectivity index (χ1v) is 10.6. The summed E-state index contributed by atoms with van der Waals surface area (Å²) in [7, 11) is 0. The van der Waals surface area contributed by atoms with Crippen molar-refractivity contribution in [3.63, 3.8) is 0 Å². The molecule has 2 aliphatic heterocycles. The number of carbonyl (C=O) groups is 1. The Labute approximate surface area is 166 Å². The first kappa shape index (κ1) is 17.9. The molecule has 2 aromatic rings. The first-order valence-electron chi connectivity index (χ1n) is 10.6. The van der Waals surface area contributed by atoms with Gasteiger partial charge in [0.05, 0.1) is 0 Å². The van der Waals surface area contributed by atoms with Crippen molar-refractivity contribution in [3.05, 3.63) is 47.0 Å². The maximum atomic E-state index is 12.5. The summed E-state index contributed by atoms with van der Waals surface area (Å²) in [6.45, 7) is 8.40. The molecule has 1 saturated carbocycles. The van der Waals surface area contributed by atoms with Crippen LogP contribution in [-0.4, -0.2) is 44.7 Å². The predicted octanol–water partition coefficient (Wildman–Crippen LogP) is 2.91. The van der Waals surface area contributed by atoms with Crippen LogP contribution < -0.4 is 5.32 Å². The number of carbonyl (C=O) groups excluding carboxylic acids is 1. The summed E-state index contributed by atoms with van der Waals surface area (Å²) in [4.78, 5) is 15.0. The lowest BCUT2D eigenvalue weighted by atomic mass is 9.89. The highest BCUT2D eigenvalue weighted by atomic mass is 16.2.